The monoisotopic (exact) mass is 423 g/mol. The molecule has 2 aliphatic rings. The van der Waals surface area contributed by atoms with Crippen LogP contribution in [0.1, 0.15) is 18.0 Å². The number of benzene rings is 1. The standard InChI is InChI=1S/C22H23N4O5/c1-31-20-4-2-3-18-16(20)7-8-23(18)13-21(27)24-10-14-9-15(12-24)17-5-6-19(26(29)30)22(28)25(17)11-14/h2-8,14-15,29H,9-13H2,1H3/q-1. The second-order valence-electron chi connectivity index (χ2n) is 8.27. The predicted octanol–water partition coefficient (Wildman–Crippen LogP) is 2.15. The van der Waals surface area contributed by atoms with Crippen LogP contribution in [-0.4, -0.2) is 45.3 Å². The van der Waals surface area contributed by atoms with Gasteiger partial charge in [-0.05, 0) is 42.7 Å². The molecule has 0 aliphatic carbocycles. The van der Waals surface area contributed by atoms with Crippen LogP contribution in [0.25, 0.3) is 10.9 Å². The van der Waals surface area contributed by atoms with Crippen LogP contribution in [-0.2, 0) is 17.9 Å². The van der Waals surface area contributed by atoms with Gasteiger partial charge in [0.1, 0.15) is 18.0 Å². The molecule has 1 aromatic carbocycles. The van der Waals surface area contributed by atoms with Crippen molar-refractivity contribution in [2.24, 2.45) is 5.92 Å². The summed E-state index contributed by atoms with van der Waals surface area (Å²) in [5.74, 6) is 0.961. The van der Waals surface area contributed by atoms with Gasteiger partial charge in [0, 0.05) is 42.8 Å². The Kier molecular flexibility index (Phi) is 4.71. The largest absolute Gasteiger partial charge is 0.733 e. The van der Waals surface area contributed by atoms with Gasteiger partial charge in [0.05, 0.1) is 12.6 Å². The number of aromatic nitrogens is 2. The van der Waals surface area contributed by atoms with Crippen molar-refractivity contribution >= 4 is 22.5 Å². The third-order valence-electron chi connectivity index (χ3n) is 6.44. The molecule has 31 heavy (non-hydrogen) atoms. The second-order valence-corrected chi connectivity index (χ2v) is 8.27. The summed E-state index contributed by atoms with van der Waals surface area (Å²) in [5, 5.41) is 21.0. The number of fused-ring (bicyclic) bond motifs is 5. The predicted molar refractivity (Wildman–Crippen MR) is 114 cm³/mol. The third kappa shape index (κ3) is 3.26. The van der Waals surface area contributed by atoms with Crippen molar-refractivity contribution < 1.29 is 14.7 Å². The highest BCUT2D eigenvalue weighted by Crippen LogP contribution is 2.36. The van der Waals surface area contributed by atoms with Crippen LogP contribution in [0.2, 0.25) is 0 Å². The van der Waals surface area contributed by atoms with Crippen molar-refractivity contribution in [2.75, 3.05) is 25.4 Å². The lowest BCUT2D eigenvalue weighted by Gasteiger charge is -2.43. The van der Waals surface area contributed by atoms with Gasteiger partial charge in [-0.2, -0.15) is 0 Å². The molecule has 1 amide bonds. The van der Waals surface area contributed by atoms with Gasteiger partial charge >= 0.3 is 0 Å². The number of pyridine rings is 1. The maximum Gasteiger partial charge on any atom is 0.275 e. The molecule has 9 nitrogen and oxygen atoms in total. The van der Waals surface area contributed by atoms with E-state index in [9.17, 15) is 14.8 Å². The summed E-state index contributed by atoms with van der Waals surface area (Å²) in [6.45, 7) is 1.75. The Morgan fingerprint density at radius 2 is 2.06 bits per heavy atom. The summed E-state index contributed by atoms with van der Waals surface area (Å²) in [4.78, 5) is 27.6. The summed E-state index contributed by atoms with van der Waals surface area (Å²) < 4.78 is 8.91. The number of methoxy groups -OCH3 is 1. The fourth-order valence-electron chi connectivity index (χ4n) is 5.04. The summed E-state index contributed by atoms with van der Waals surface area (Å²) in [5.41, 5.74) is 0.977. The Labute approximate surface area is 178 Å². The van der Waals surface area contributed by atoms with Gasteiger partial charge in [0.2, 0.25) is 5.91 Å². The molecule has 3 aromatic rings. The average molecular weight is 423 g/mol. The van der Waals surface area contributed by atoms with Crippen molar-refractivity contribution in [2.45, 2.75) is 25.4 Å². The highest BCUT2D eigenvalue weighted by atomic mass is 16.8. The molecule has 4 heterocycles. The number of carbonyl (C=O) groups is 1. The lowest BCUT2D eigenvalue weighted by Crippen LogP contribution is -2.50. The first-order valence-corrected chi connectivity index (χ1v) is 10.3. The van der Waals surface area contributed by atoms with Crippen LogP contribution in [0.4, 0.5) is 5.69 Å². The fourth-order valence-corrected chi connectivity index (χ4v) is 5.04. The van der Waals surface area contributed by atoms with E-state index in [1.807, 2.05) is 39.9 Å². The lowest BCUT2D eigenvalue weighted by molar-refractivity contribution is -0.134. The molecular weight excluding hydrogens is 400 g/mol. The molecule has 162 valence electrons. The zero-order chi connectivity index (χ0) is 21.7. The van der Waals surface area contributed by atoms with Crippen LogP contribution in [0, 0.1) is 11.1 Å². The summed E-state index contributed by atoms with van der Waals surface area (Å²) in [6, 6.07) is 10.8. The summed E-state index contributed by atoms with van der Waals surface area (Å²) in [6.07, 6.45) is 2.79. The molecule has 1 saturated heterocycles. The molecule has 2 aliphatic heterocycles. The Hall–Kier alpha value is -3.30. The van der Waals surface area contributed by atoms with Gasteiger partial charge in [-0.1, -0.05) is 6.07 Å². The molecule has 2 unspecified atom stereocenters. The van der Waals surface area contributed by atoms with Crippen LogP contribution in [0.3, 0.4) is 0 Å². The Morgan fingerprint density at radius 1 is 1.23 bits per heavy atom. The van der Waals surface area contributed by atoms with Crippen molar-refractivity contribution in [1.29, 1.82) is 0 Å². The molecule has 1 fully saturated rings. The summed E-state index contributed by atoms with van der Waals surface area (Å²) >= 11 is 0. The first kappa shape index (κ1) is 19.7. The number of anilines is 1. The second kappa shape index (κ2) is 7.44. The first-order valence-electron chi connectivity index (χ1n) is 10.3. The topological polar surface area (TPSA) is 103 Å². The maximum absolute atomic E-state index is 13.1. The minimum absolute atomic E-state index is 0.0264. The average Bonchev–Trinajstić information content (AvgIpc) is 3.17. The minimum atomic E-state index is -0.489. The van der Waals surface area contributed by atoms with E-state index in [2.05, 4.69) is 0 Å². The van der Waals surface area contributed by atoms with Gasteiger partial charge in [0.25, 0.3) is 5.56 Å². The number of nitrogens with zero attached hydrogens (tertiary/aromatic N) is 4. The van der Waals surface area contributed by atoms with Crippen LogP contribution in [0.15, 0.2) is 47.4 Å². The number of likely N-dealkylation sites (tertiary alicyclic amines) is 1. The number of amides is 1. The van der Waals surface area contributed by atoms with Gasteiger partial charge in [-0.15, -0.1) is 0 Å². The third-order valence-corrected chi connectivity index (χ3v) is 6.44. The van der Waals surface area contributed by atoms with Gasteiger partial charge in [0.15, 0.2) is 0 Å². The maximum atomic E-state index is 13.1. The van der Waals surface area contributed by atoms with E-state index in [0.29, 0.717) is 19.6 Å². The van der Waals surface area contributed by atoms with Crippen LogP contribution < -0.4 is 15.5 Å². The molecule has 2 atom stereocenters. The van der Waals surface area contributed by atoms with Crippen molar-refractivity contribution in [3.63, 3.8) is 0 Å². The normalized spacial score (nSPS) is 19.9. The SMILES string of the molecule is COc1cccc2c1ccn2CC(=O)N1CC2CC(C1)c1ccc(N([O-])O)c(=O)n1C2. The van der Waals surface area contributed by atoms with Gasteiger partial charge in [-0.3, -0.25) is 14.8 Å². The van der Waals surface area contributed by atoms with Gasteiger partial charge in [-0.25, -0.2) is 0 Å². The van der Waals surface area contributed by atoms with Gasteiger partial charge < -0.3 is 29.2 Å². The Morgan fingerprint density at radius 3 is 2.84 bits per heavy atom. The highest BCUT2D eigenvalue weighted by Gasteiger charge is 2.36. The number of hydrogen-bond donors (Lipinski definition) is 1. The van der Waals surface area contributed by atoms with E-state index >= 15 is 0 Å². The highest BCUT2D eigenvalue weighted by molar-refractivity contribution is 5.88. The minimum Gasteiger partial charge on any atom is -0.733 e. The van der Waals surface area contributed by atoms with E-state index in [0.717, 1.165) is 28.8 Å². The zero-order valence-electron chi connectivity index (χ0n) is 17.1. The first-order chi connectivity index (χ1) is 15.0. The Bertz CT molecular complexity index is 1210. The fraction of sp³-hybridized carbons (Fsp3) is 0.364. The molecule has 1 N–H and O–H groups in total. The van der Waals surface area contributed by atoms with E-state index in [-0.39, 0.29) is 35.2 Å². The van der Waals surface area contributed by atoms with E-state index in [1.54, 1.807) is 17.7 Å². The van der Waals surface area contributed by atoms with E-state index in [4.69, 9.17) is 9.94 Å². The molecule has 5 rings (SSSR count). The number of ether oxygens (including phenoxy) is 1. The molecule has 0 spiro atoms. The Balaban J connectivity index is 1.38. The smallest absolute Gasteiger partial charge is 0.275 e. The van der Waals surface area contributed by atoms with Crippen LogP contribution in [0.5, 0.6) is 5.75 Å². The molecule has 0 radical (unpaired) electrons. The van der Waals surface area contributed by atoms with E-state index in [1.165, 1.54) is 6.07 Å². The van der Waals surface area contributed by atoms with Crippen molar-refractivity contribution in [3.05, 3.63) is 63.9 Å². The number of carbonyl (C=O) groups excluding carboxylic acids is 1. The van der Waals surface area contributed by atoms with Crippen LogP contribution >= 0.6 is 0 Å². The van der Waals surface area contributed by atoms with Crippen molar-refractivity contribution in [1.82, 2.24) is 14.0 Å². The lowest BCUT2D eigenvalue weighted by atomic mass is 9.83. The molecule has 9 heteroatoms. The summed E-state index contributed by atoms with van der Waals surface area (Å²) in [7, 11) is 1.63. The number of piperidine rings is 1. The zero-order valence-corrected chi connectivity index (χ0v) is 17.1. The number of hydrogen-bond acceptors (Lipinski definition) is 6. The van der Waals surface area contributed by atoms with E-state index < -0.39 is 5.56 Å². The number of rotatable bonds is 4. The molecule has 2 bridgehead atoms. The molecular formula is C22H23N4O5-. The molecule has 0 saturated carbocycles. The van der Waals surface area contributed by atoms with Crippen molar-refractivity contribution in [3.8, 4) is 5.75 Å². The quantitative estimate of drug-likeness (QED) is 0.645. The molecule has 2 aromatic heterocycles.